The van der Waals surface area contributed by atoms with Gasteiger partial charge in [-0.15, -0.1) is 0 Å². The summed E-state index contributed by atoms with van der Waals surface area (Å²) in [6.45, 7) is 5.17. The van der Waals surface area contributed by atoms with Crippen LogP contribution in [0.5, 0.6) is 0 Å². The second-order valence-electron chi connectivity index (χ2n) is 2.92. The average molecular weight is 184 g/mol. The molecule has 0 N–H and O–H groups in total. The Morgan fingerprint density at radius 1 is 1.58 bits per heavy atom. The zero-order valence-corrected chi connectivity index (χ0v) is 8.56. The van der Waals surface area contributed by atoms with Crippen LogP contribution in [0.25, 0.3) is 0 Å². The van der Waals surface area contributed by atoms with Crippen LogP contribution in [-0.2, 0) is 4.74 Å². The first-order chi connectivity index (χ1) is 5.84. The third-order valence-electron chi connectivity index (χ3n) is 1.88. The van der Waals surface area contributed by atoms with Crippen molar-refractivity contribution in [3.05, 3.63) is 22.4 Å². The van der Waals surface area contributed by atoms with Crippen molar-refractivity contribution in [2.75, 3.05) is 6.61 Å². The first-order valence-electron chi connectivity index (χ1n) is 4.48. The average Bonchev–Trinajstić information content (AvgIpc) is 2.56. The molecule has 0 saturated heterocycles. The molecule has 0 aliphatic heterocycles. The van der Waals surface area contributed by atoms with Crippen molar-refractivity contribution in [1.82, 2.24) is 0 Å². The summed E-state index contributed by atoms with van der Waals surface area (Å²) in [4.78, 5) is 0. The predicted molar refractivity (Wildman–Crippen MR) is 53.6 cm³/mol. The van der Waals surface area contributed by atoms with Gasteiger partial charge in [0, 0.05) is 6.61 Å². The van der Waals surface area contributed by atoms with Gasteiger partial charge in [0.05, 0.1) is 6.10 Å². The number of rotatable bonds is 5. The third kappa shape index (κ3) is 2.95. The summed E-state index contributed by atoms with van der Waals surface area (Å²) in [6, 6.07) is 2.13. The molecule has 0 aliphatic carbocycles. The Morgan fingerprint density at radius 2 is 2.42 bits per heavy atom. The smallest absolute Gasteiger partial charge is 0.0804 e. The van der Waals surface area contributed by atoms with E-state index in [0.717, 1.165) is 13.0 Å². The monoisotopic (exact) mass is 184 g/mol. The van der Waals surface area contributed by atoms with Crippen LogP contribution < -0.4 is 0 Å². The summed E-state index contributed by atoms with van der Waals surface area (Å²) in [5.74, 6) is 0. The molecule has 1 heterocycles. The highest BCUT2D eigenvalue weighted by molar-refractivity contribution is 7.07. The minimum Gasteiger partial charge on any atom is -0.374 e. The Kier molecular flexibility index (Phi) is 4.33. The fraction of sp³-hybridized carbons (Fsp3) is 0.600. The van der Waals surface area contributed by atoms with Crippen molar-refractivity contribution in [1.29, 1.82) is 0 Å². The first-order valence-corrected chi connectivity index (χ1v) is 5.42. The van der Waals surface area contributed by atoms with Crippen LogP contribution in [0.1, 0.15) is 38.4 Å². The van der Waals surface area contributed by atoms with E-state index in [9.17, 15) is 0 Å². The van der Waals surface area contributed by atoms with E-state index in [1.54, 1.807) is 11.3 Å². The van der Waals surface area contributed by atoms with Crippen LogP contribution in [0.3, 0.4) is 0 Å². The zero-order chi connectivity index (χ0) is 8.81. The molecule has 0 fully saturated rings. The van der Waals surface area contributed by atoms with E-state index >= 15 is 0 Å². The molecule has 12 heavy (non-hydrogen) atoms. The van der Waals surface area contributed by atoms with Crippen molar-refractivity contribution in [2.45, 2.75) is 32.8 Å². The van der Waals surface area contributed by atoms with E-state index in [2.05, 4.69) is 30.7 Å². The Bertz CT molecular complexity index is 194. The Balaban J connectivity index is 2.25. The van der Waals surface area contributed by atoms with Gasteiger partial charge in [-0.2, -0.15) is 11.3 Å². The van der Waals surface area contributed by atoms with Gasteiger partial charge in [0.1, 0.15) is 0 Å². The third-order valence-corrected chi connectivity index (χ3v) is 2.58. The van der Waals surface area contributed by atoms with Gasteiger partial charge in [-0.1, -0.05) is 13.3 Å². The van der Waals surface area contributed by atoms with E-state index in [-0.39, 0.29) is 6.10 Å². The molecule has 0 bridgehead atoms. The van der Waals surface area contributed by atoms with E-state index < -0.39 is 0 Å². The maximum atomic E-state index is 5.63. The van der Waals surface area contributed by atoms with Crippen LogP contribution in [0.15, 0.2) is 16.8 Å². The van der Waals surface area contributed by atoms with Crippen LogP contribution >= 0.6 is 11.3 Å². The highest BCUT2D eigenvalue weighted by Gasteiger charge is 2.04. The molecule has 1 atom stereocenters. The molecule has 0 spiro atoms. The second kappa shape index (κ2) is 5.33. The number of ether oxygens (including phenoxy) is 1. The van der Waals surface area contributed by atoms with Gasteiger partial charge < -0.3 is 4.74 Å². The Labute approximate surface area is 78.4 Å². The highest BCUT2D eigenvalue weighted by atomic mass is 32.1. The van der Waals surface area contributed by atoms with Crippen LogP contribution in [0.4, 0.5) is 0 Å². The molecular weight excluding hydrogens is 168 g/mol. The van der Waals surface area contributed by atoms with Gasteiger partial charge in [-0.3, -0.25) is 0 Å². The van der Waals surface area contributed by atoms with Gasteiger partial charge in [-0.05, 0) is 35.7 Å². The first kappa shape index (κ1) is 9.75. The lowest BCUT2D eigenvalue weighted by Crippen LogP contribution is -1.99. The second-order valence-corrected chi connectivity index (χ2v) is 3.70. The molecule has 0 amide bonds. The van der Waals surface area contributed by atoms with Gasteiger partial charge >= 0.3 is 0 Å². The van der Waals surface area contributed by atoms with E-state index in [1.165, 1.54) is 12.0 Å². The quantitative estimate of drug-likeness (QED) is 0.635. The van der Waals surface area contributed by atoms with Crippen LogP contribution in [0.2, 0.25) is 0 Å². The lowest BCUT2D eigenvalue weighted by molar-refractivity contribution is 0.0640. The van der Waals surface area contributed by atoms with Gasteiger partial charge in [0.2, 0.25) is 0 Å². The number of thiophene rings is 1. The summed E-state index contributed by atoms with van der Waals surface area (Å²) < 4.78 is 5.63. The fourth-order valence-electron chi connectivity index (χ4n) is 1.01. The molecular formula is C10H16OS. The highest BCUT2D eigenvalue weighted by Crippen LogP contribution is 2.19. The Morgan fingerprint density at radius 3 is 3.00 bits per heavy atom. The molecule has 68 valence electrons. The molecule has 0 aromatic carbocycles. The minimum absolute atomic E-state index is 0.266. The maximum absolute atomic E-state index is 5.63. The van der Waals surface area contributed by atoms with Crippen LogP contribution in [0, 0.1) is 0 Å². The number of unbranched alkanes of at least 4 members (excludes halogenated alkanes) is 1. The summed E-state index contributed by atoms with van der Waals surface area (Å²) in [5.41, 5.74) is 1.30. The fourth-order valence-corrected chi connectivity index (χ4v) is 1.75. The summed E-state index contributed by atoms with van der Waals surface area (Å²) in [6.07, 6.45) is 2.63. The van der Waals surface area contributed by atoms with Crippen molar-refractivity contribution < 1.29 is 4.74 Å². The number of hydrogen-bond acceptors (Lipinski definition) is 2. The standard InChI is InChI=1S/C10H16OS/c1-3-4-6-11-9(2)10-5-7-12-8-10/h5,7-9H,3-4,6H2,1-2H3. The molecule has 1 rings (SSSR count). The maximum Gasteiger partial charge on any atom is 0.0804 e. The predicted octanol–water partition coefficient (Wildman–Crippen LogP) is 3.63. The van der Waals surface area contributed by atoms with E-state index in [1.807, 2.05) is 0 Å². The molecule has 0 radical (unpaired) electrons. The van der Waals surface area contributed by atoms with E-state index in [0.29, 0.717) is 0 Å². The topological polar surface area (TPSA) is 9.23 Å². The van der Waals surface area contributed by atoms with E-state index in [4.69, 9.17) is 4.74 Å². The Hall–Kier alpha value is -0.340. The molecule has 1 aromatic heterocycles. The summed E-state index contributed by atoms with van der Waals surface area (Å²) >= 11 is 1.73. The normalized spacial score (nSPS) is 13.2. The largest absolute Gasteiger partial charge is 0.374 e. The molecule has 0 saturated carbocycles. The summed E-state index contributed by atoms with van der Waals surface area (Å²) in [5, 5.41) is 4.24. The van der Waals surface area contributed by atoms with Crippen molar-refractivity contribution >= 4 is 11.3 Å². The van der Waals surface area contributed by atoms with Crippen molar-refractivity contribution in [3.8, 4) is 0 Å². The summed E-state index contributed by atoms with van der Waals surface area (Å²) in [7, 11) is 0. The SMILES string of the molecule is CCCCOC(C)c1ccsc1. The minimum atomic E-state index is 0.266. The molecule has 1 aromatic rings. The molecule has 0 aliphatic rings. The van der Waals surface area contributed by atoms with Gasteiger partial charge in [0.25, 0.3) is 0 Å². The van der Waals surface area contributed by atoms with Crippen molar-refractivity contribution in [3.63, 3.8) is 0 Å². The van der Waals surface area contributed by atoms with Crippen LogP contribution in [-0.4, -0.2) is 6.61 Å². The molecule has 2 heteroatoms. The van der Waals surface area contributed by atoms with Crippen molar-refractivity contribution in [2.24, 2.45) is 0 Å². The van der Waals surface area contributed by atoms with Gasteiger partial charge in [-0.25, -0.2) is 0 Å². The lowest BCUT2D eigenvalue weighted by atomic mass is 10.2. The lowest BCUT2D eigenvalue weighted by Gasteiger charge is -2.10. The van der Waals surface area contributed by atoms with Gasteiger partial charge in [0.15, 0.2) is 0 Å². The molecule has 1 nitrogen and oxygen atoms in total. The molecule has 1 unspecified atom stereocenters. The zero-order valence-electron chi connectivity index (χ0n) is 7.75. The number of hydrogen-bond donors (Lipinski definition) is 0.